The Labute approximate surface area is 212 Å². The molecule has 0 spiro atoms. The molecule has 1 aliphatic carbocycles. The zero-order chi connectivity index (χ0) is 24.2. The SMILES string of the molecule is COC(=O)Cn1nnc(C=C2CN(C(C(=O)C3CC3)c3ccccc3F)CCC2SC(C)=O)n1.Cl. The van der Waals surface area contributed by atoms with Crippen molar-refractivity contribution in [3.63, 3.8) is 0 Å². The summed E-state index contributed by atoms with van der Waals surface area (Å²) in [5.41, 5.74) is 1.22. The molecule has 188 valence electrons. The number of Topliss-reactive ketones (excluding diaryl/α,β-unsaturated/α-hetero) is 1. The van der Waals surface area contributed by atoms with E-state index < -0.39 is 17.8 Å². The van der Waals surface area contributed by atoms with Crippen LogP contribution in [0.5, 0.6) is 0 Å². The third-order valence-electron chi connectivity index (χ3n) is 5.88. The van der Waals surface area contributed by atoms with E-state index in [1.54, 1.807) is 24.3 Å². The molecule has 1 aliphatic heterocycles. The molecule has 1 saturated carbocycles. The second-order valence-electron chi connectivity index (χ2n) is 8.43. The van der Waals surface area contributed by atoms with Crippen molar-refractivity contribution in [1.82, 2.24) is 25.1 Å². The first kappa shape index (κ1) is 27.0. The van der Waals surface area contributed by atoms with E-state index in [2.05, 4.69) is 20.1 Å². The fourth-order valence-corrected chi connectivity index (χ4v) is 5.04. The van der Waals surface area contributed by atoms with Gasteiger partial charge >= 0.3 is 5.97 Å². The highest BCUT2D eigenvalue weighted by Gasteiger charge is 2.41. The van der Waals surface area contributed by atoms with Gasteiger partial charge in [0.25, 0.3) is 0 Å². The smallest absolute Gasteiger partial charge is 0.329 e. The molecule has 0 bridgehead atoms. The summed E-state index contributed by atoms with van der Waals surface area (Å²) in [4.78, 5) is 39.7. The number of thioether (sulfide) groups is 1. The van der Waals surface area contributed by atoms with Crippen LogP contribution in [0, 0.1) is 11.7 Å². The van der Waals surface area contributed by atoms with Crippen molar-refractivity contribution in [2.75, 3.05) is 20.2 Å². The van der Waals surface area contributed by atoms with Crippen molar-refractivity contribution < 1.29 is 23.5 Å². The van der Waals surface area contributed by atoms with Gasteiger partial charge in [-0.3, -0.25) is 14.5 Å². The van der Waals surface area contributed by atoms with Crippen molar-refractivity contribution in [2.45, 2.75) is 44.0 Å². The summed E-state index contributed by atoms with van der Waals surface area (Å²) in [5, 5.41) is 11.9. The van der Waals surface area contributed by atoms with Crippen LogP contribution < -0.4 is 0 Å². The van der Waals surface area contributed by atoms with Crippen molar-refractivity contribution in [3.05, 3.63) is 47.0 Å². The van der Waals surface area contributed by atoms with Crippen LogP contribution in [-0.2, 0) is 25.7 Å². The Morgan fingerprint density at radius 1 is 1.26 bits per heavy atom. The van der Waals surface area contributed by atoms with E-state index >= 15 is 0 Å². The summed E-state index contributed by atoms with van der Waals surface area (Å²) in [6, 6.07) is 5.70. The van der Waals surface area contributed by atoms with Gasteiger partial charge in [-0.2, -0.15) is 4.80 Å². The molecule has 2 aromatic rings. The number of likely N-dealkylation sites (tertiary alicyclic amines) is 1. The van der Waals surface area contributed by atoms with Crippen LogP contribution in [0.15, 0.2) is 29.8 Å². The van der Waals surface area contributed by atoms with E-state index in [1.165, 1.54) is 31.9 Å². The lowest BCUT2D eigenvalue weighted by atomic mass is 9.93. The third kappa shape index (κ3) is 6.74. The summed E-state index contributed by atoms with van der Waals surface area (Å²) in [6.45, 7) is 2.24. The third-order valence-corrected chi connectivity index (χ3v) is 7.04. The number of carbonyl (C=O) groups excluding carboxylic acids is 3. The minimum absolute atomic E-state index is 0. The number of tetrazole rings is 1. The van der Waals surface area contributed by atoms with Gasteiger partial charge in [0.05, 0.1) is 13.2 Å². The van der Waals surface area contributed by atoms with Gasteiger partial charge < -0.3 is 4.74 Å². The number of ether oxygens (including phenoxy) is 1. The predicted octanol–water partition coefficient (Wildman–Crippen LogP) is 2.86. The van der Waals surface area contributed by atoms with Crippen LogP contribution >= 0.6 is 24.2 Å². The molecule has 2 fully saturated rings. The van der Waals surface area contributed by atoms with E-state index in [1.807, 2.05) is 4.90 Å². The Kier molecular flexibility index (Phi) is 9.15. The van der Waals surface area contributed by atoms with Crippen LogP contribution in [-0.4, -0.2) is 67.4 Å². The van der Waals surface area contributed by atoms with E-state index in [-0.39, 0.29) is 46.8 Å². The Hall–Kier alpha value is -2.63. The van der Waals surface area contributed by atoms with Crippen LogP contribution in [0.2, 0.25) is 0 Å². The van der Waals surface area contributed by atoms with Crippen molar-refractivity contribution >= 4 is 47.1 Å². The number of benzene rings is 1. The highest BCUT2D eigenvalue weighted by molar-refractivity contribution is 8.14. The number of nitrogens with zero attached hydrogens (tertiary/aromatic N) is 5. The minimum Gasteiger partial charge on any atom is -0.468 e. The molecule has 2 unspecified atom stereocenters. The minimum atomic E-state index is -0.691. The number of hydrogen-bond donors (Lipinski definition) is 0. The maximum absolute atomic E-state index is 14.8. The van der Waals surface area contributed by atoms with Crippen molar-refractivity contribution in [1.29, 1.82) is 0 Å². The molecule has 0 amide bonds. The molecule has 0 radical (unpaired) electrons. The standard InChI is InChI=1S/C23H26FN5O4S.ClH/c1-14(30)34-19-9-10-28(12-16(19)11-20-25-27-29(26-20)13-21(31)33-2)22(23(32)15-7-8-15)17-5-3-4-6-18(17)24;/h3-6,11,15,19,22H,7-10,12-13H2,1-2H3;1H. The fourth-order valence-electron chi connectivity index (χ4n) is 4.12. The zero-order valence-electron chi connectivity index (χ0n) is 19.4. The summed E-state index contributed by atoms with van der Waals surface area (Å²) in [7, 11) is 1.28. The van der Waals surface area contributed by atoms with Gasteiger partial charge in [-0.1, -0.05) is 30.0 Å². The lowest BCUT2D eigenvalue weighted by Crippen LogP contribution is -2.43. The molecule has 1 saturated heterocycles. The molecule has 1 aromatic carbocycles. The van der Waals surface area contributed by atoms with E-state index in [9.17, 15) is 18.8 Å². The second-order valence-corrected chi connectivity index (χ2v) is 9.81. The molecular weight excluding hydrogens is 497 g/mol. The average Bonchev–Trinajstić information content (AvgIpc) is 3.57. The lowest BCUT2D eigenvalue weighted by Gasteiger charge is -2.38. The molecule has 2 aliphatic rings. The lowest BCUT2D eigenvalue weighted by molar-refractivity contribution is -0.141. The van der Waals surface area contributed by atoms with Gasteiger partial charge in [-0.25, -0.2) is 9.18 Å². The Balaban J connectivity index is 0.00000342. The largest absolute Gasteiger partial charge is 0.468 e. The summed E-state index contributed by atoms with van der Waals surface area (Å²) >= 11 is 1.21. The van der Waals surface area contributed by atoms with Gasteiger partial charge in [-0.15, -0.1) is 22.6 Å². The summed E-state index contributed by atoms with van der Waals surface area (Å²) in [6.07, 6.45) is 4.00. The zero-order valence-corrected chi connectivity index (χ0v) is 21.1. The number of ketones is 1. The first-order valence-corrected chi connectivity index (χ1v) is 12.0. The average molecular weight is 524 g/mol. The molecule has 9 nitrogen and oxygen atoms in total. The molecule has 1 aromatic heterocycles. The number of aromatic nitrogens is 4. The quantitative estimate of drug-likeness (QED) is 0.482. The van der Waals surface area contributed by atoms with Crippen molar-refractivity contribution in [3.8, 4) is 0 Å². The molecular formula is C23H27ClFN5O4S. The van der Waals surface area contributed by atoms with Gasteiger partial charge in [0, 0.05) is 36.7 Å². The van der Waals surface area contributed by atoms with Gasteiger partial charge in [0.2, 0.25) is 0 Å². The maximum atomic E-state index is 14.8. The number of hydrogen-bond acceptors (Lipinski definition) is 9. The Bertz CT molecular complexity index is 1120. The fraction of sp³-hybridized carbons (Fsp3) is 0.478. The first-order valence-electron chi connectivity index (χ1n) is 11.1. The number of carbonyl (C=O) groups is 3. The van der Waals surface area contributed by atoms with Gasteiger partial charge in [0.15, 0.2) is 23.3 Å². The summed E-state index contributed by atoms with van der Waals surface area (Å²) in [5.74, 6) is -0.632. The Morgan fingerprint density at radius 2 is 2.00 bits per heavy atom. The van der Waals surface area contributed by atoms with Crippen LogP contribution in [0.25, 0.3) is 6.08 Å². The van der Waals surface area contributed by atoms with E-state index in [0.717, 1.165) is 23.2 Å². The molecule has 35 heavy (non-hydrogen) atoms. The summed E-state index contributed by atoms with van der Waals surface area (Å²) < 4.78 is 19.4. The van der Waals surface area contributed by atoms with E-state index in [0.29, 0.717) is 25.1 Å². The Morgan fingerprint density at radius 3 is 2.66 bits per heavy atom. The number of esters is 1. The first-order chi connectivity index (χ1) is 16.4. The molecule has 2 heterocycles. The highest BCUT2D eigenvalue weighted by Crippen LogP contribution is 2.40. The number of methoxy groups -OCH3 is 1. The topological polar surface area (TPSA) is 107 Å². The highest BCUT2D eigenvalue weighted by atomic mass is 35.5. The second kappa shape index (κ2) is 11.9. The van der Waals surface area contributed by atoms with Crippen molar-refractivity contribution in [2.24, 2.45) is 5.92 Å². The van der Waals surface area contributed by atoms with Crippen LogP contribution in [0.4, 0.5) is 4.39 Å². The molecule has 2 atom stereocenters. The predicted molar refractivity (Wildman–Crippen MR) is 130 cm³/mol. The molecule has 0 N–H and O–H groups in total. The normalized spacial score (nSPS) is 20.2. The van der Waals surface area contributed by atoms with Crippen LogP contribution in [0.3, 0.4) is 0 Å². The van der Waals surface area contributed by atoms with Crippen LogP contribution in [0.1, 0.15) is 43.6 Å². The van der Waals surface area contributed by atoms with Gasteiger partial charge in [0.1, 0.15) is 5.82 Å². The maximum Gasteiger partial charge on any atom is 0.329 e. The van der Waals surface area contributed by atoms with E-state index in [4.69, 9.17) is 0 Å². The monoisotopic (exact) mass is 523 g/mol. The van der Waals surface area contributed by atoms with Gasteiger partial charge in [-0.05, 0) is 42.2 Å². The molecule has 4 rings (SSSR count). The number of halogens is 2. The number of rotatable bonds is 8. The number of piperidine rings is 1. The molecule has 12 heteroatoms.